The fourth-order valence-corrected chi connectivity index (χ4v) is 1.87. The largest absolute Gasteiger partial charge is 0.425 e. The molecule has 1 rings (SSSR count). The summed E-state index contributed by atoms with van der Waals surface area (Å²) in [6.07, 6.45) is 0.951. The minimum Gasteiger partial charge on any atom is -0.425 e. The van der Waals surface area contributed by atoms with E-state index in [1.807, 2.05) is 51.1 Å². The van der Waals surface area contributed by atoms with Gasteiger partial charge < -0.3 is 9.47 Å². The zero-order valence-corrected chi connectivity index (χ0v) is 13.0. The highest BCUT2D eigenvalue weighted by molar-refractivity contribution is 5.73. The number of hydrogen-bond acceptors (Lipinski definition) is 4. The molecule has 0 bridgehead atoms. The van der Waals surface area contributed by atoms with Gasteiger partial charge in [-0.2, -0.15) is 0 Å². The van der Waals surface area contributed by atoms with Crippen LogP contribution in [0.5, 0.6) is 0 Å². The summed E-state index contributed by atoms with van der Waals surface area (Å²) in [6.45, 7) is 5.89. The predicted molar refractivity (Wildman–Crippen MR) is 80.5 cm³/mol. The second kappa shape index (κ2) is 9.16. The molecule has 0 aromatic heterocycles. The molecule has 0 amide bonds. The Morgan fingerprint density at radius 3 is 2.24 bits per heavy atom. The highest BCUT2D eigenvalue weighted by atomic mass is 16.7. The van der Waals surface area contributed by atoms with Gasteiger partial charge in [-0.15, -0.1) is 0 Å². The first-order valence-electron chi connectivity index (χ1n) is 7.44. The molecular weight excluding hydrogens is 268 g/mol. The summed E-state index contributed by atoms with van der Waals surface area (Å²) in [5.41, 5.74) is 0.880. The molecule has 4 heteroatoms. The van der Waals surface area contributed by atoms with Crippen LogP contribution in [-0.4, -0.2) is 18.2 Å². The molecule has 116 valence electrons. The number of esters is 2. The van der Waals surface area contributed by atoms with Crippen molar-refractivity contribution in [2.24, 2.45) is 5.92 Å². The van der Waals surface area contributed by atoms with E-state index < -0.39 is 6.29 Å². The molecule has 0 aliphatic carbocycles. The van der Waals surface area contributed by atoms with Gasteiger partial charge >= 0.3 is 11.9 Å². The van der Waals surface area contributed by atoms with Crippen LogP contribution < -0.4 is 0 Å². The number of carbonyl (C=O) groups is 2. The van der Waals surface area contributed by atoms with E-state index in [2.05, 4.69) is 0 Å². The number of ether oxygens (including phenoxy) is 2. The fraction of sp³-hybridized carbons (Fsp3) is 0.529. The average Bonchev–Trinajstić information content (AvgIpc) is 2.38. The van der Waals surface area contributed by atoms with E-state index in [1.165, 1.54) is 0 Å². The monoisotopic (exact) mass is 292 g/mol. The third-order valence-corrected chi connectivity index (χ3v) is 2.84. The maximum Gasteiger partial charge on any atom is 0.313 e. The van der Waals surface area contributed by atoms with Crippen LogP contribution in [-0.2, 0) is 25.5 Å². The molecule has 0 saturated heterocycles. The number of hydrogen-bond donors (Lipinski definition) is 0. The molecule has 1 atom stereocenters. The van der Waals surface area contributed by atoms with Crippen molar-refractivity contribution in [3.8, 4) is 0 Å². The predicted octanol–water partition coefficient (Wildman–Crippen LogP) is 3.49. The van der Waals surface area contributed by atoms with E-state index in [0.717, 1.165) is 5.56 Å². The second-order valence-corrected chi connectivity index (χ2v) is 5.45. The van der Waals surface area contributed by atoms with Gasteiger partial charge in [-0.3, -0.25) is 9.59 Å². The first kappa shape index (κ1) is 17.2. The van der Waals surface area contributed by atoms with Crippen LogP contribution in [0.3, 0.4) is 0 Å². The molecule has 0 fully saturated rings. The molecule has 4 nitrogen and oxygen atoms in total. The number of carbonyl (C=O) groups excluding carboxylic acids is 2. The summed E-state index contributed by atoms with van der Waals surface area (Å²) in [7, 11) is 0. The van der Waals surface area contributed by atoms with Gasteiger partial charge in [-0.1, -0.05) is 51.1 Å². The van der Waals surface area contributed by atoms with E-state index in [0.29, 0.717) is 19.3 Å². The van der Waals surface area contributed by atoms with Crippen LogP contribution >= 0.6 is 0 Å². The van der Waals surface area contributed by atoms with Crippen LogP contribution in [0, 0.1) is 5.92 Å². The van der Waals surface area contributed by atoms with Gasteiger partial charge in [0.25, 0.3) is 0 Å². The van der Waals surface area contributed by atoms with Gasteiger partial charge in [-0.05, 0) is 17.9 Å². The lowest BCUT2D eigenvalue weighted by atomic mass is 10.1. The van der Waals surface area contributed by atoms with Crippen molar-refractivity contribution >= 4 is 11.9 Å². The SMILES string of the molecule is CCCC(=O)OC(CC(C)C)OC(=O)Cc1ccccc1. The fourth-order valence-electron chi connectivity index (χ4n) is 1.87. The lowest BCUT2D eigenvalue weighted by Gasteiger charge is -2.20. The molecule has 0 radical (unpaired) electrons. The second-order valence-electron chi connectivity index (χ2n) is 5.45. The number of benzene rings is 1. The minimum absolute atomic E-state index is 0.181. The van der Waals surface area contributed by atoms with Crippen molar-refractivity contribution in [3.05, 3.63) is 35.9 Å². The van der Waals surface area contributed by atoms with Crippen LogP contribution in [0.2, 0.25) is 0 Å². The van der Waals surface area contributed by atoms with E-state index in [-0.39, 0.29) is 24.3 Å². The van der Waals surface area contributed by atoms with Crippen molar-refractivity contribution in [2.45, 2.75) is 52.7 Å². The van der Waals surface area contributed by atoms with Crippen LogP contribution in [0.15, 0.2) is 30.3 Å². The van der Waals surface area contributed by atoms with Gasteiger partial charge in [0.15, 0.2) is 0 Å². The molecule has 21 heavy (non-hydrogen) atoms. The number of rotatable bonds is 8. The van der Waals surface area contributed by atoms with Crippen molar-refractivity contribution in [2.75, 3.05) is 0 Å². The molecule has 1 aromatic carbocycles. The third kappa shape index (κ3) is 7.49. The minimum atomic E-state index is -0.791. The Morgan fingerprint density at radius 2 is 1.67 bits per heavy atom. The van der Waals surface area contributed by atoms with Crippen LogP contribution in [0.1, 0.15) is 45.6 Å². The van der Waals surface area contributed by atoms with Crippen molar-refractivity contribution in [3.63, 3.8) is 0 Å². The highest BCUT2D eigenvalue weighted by Gasteiger charge is 2.20. The summed E-state index contributed by atoms with van der Waals surface area (Å²) in [6, 6.07) is 9.36. The zero-order chi connectivity index (χ0) is 15.7. The molecular formula is C17H24O4. The lowest BCUT2D eigenvalue weighted by Crippen LogP contribution is -2.27. The molecule has 1 aromatic rings. The quantitative estimate of drug-likeness (QED) is 0.543. The summed E-state index contributed by atoms with van der Waals surface area (Å²) in [5, 5.41) is 0. The molecule has 0 saturated carbocycles. The van der Waals surface area contributed by atoms with E-state index in [1.54, 1.807) is 0 Å². The highest BCUT2D eigenvalue weighted by Crippen LogP contribution is 2.13. The Bertz CT molecular complexity index is 439. The first-order valence-corrected chi connectivity index (χ1v) is 7.44. The standard InChI is InChI=1S/C17H24O4/c1-4-8-15(18)20-17(11-13(2)3)21-16(19)12-14-9-6-5-7-10-14/h5-7,9-10,13,17H,4,8,11-12H2,1-3H3. The van der Waals surface area contributed by atoms with Gasteiger partial charge in [0.2, 0.25) is 6.29 Å². The van der Waals surface area contributed by atoms with Gasteiger partial charge in [0, 0.05) is 12.8 Å². The maximum atomic E-state index is 11.9. The van der Waals surface area contributed by atoms with Crippen molar-refractivity contribution < 1.29 is 19.1 Å². The van der Waals surface area contributed by atoms with Crippen LogP contribution in [0.25, 0.3) is 0 Å². The maximum absolute atomic E-state index is 11.9. The third-order valence-electron chi connectivity index (χ3n) is 2.84. The molecule has 0 N–H and O–H groups in total. The Morgan fingerprint density at radius 1 is 1.05 bits per heavy atom. The summed E-state index contributed by atoms with van der Waals surface area (Å²) in [4.78, 5) is 23.5. The van der Waals surface area contributed by atoms with Crippen molar-refractivity contribution in [1.82, 2.24) is 0 Å². The van der Waals surface area contributed by atoms with Crippen LogP contribution in [0.4, 0.5) is 0 Å². The molecule has 0 aliphatic rings. The van der Waals surface area contributed by atoms with E-state index >= 15 is 0 Å². The van der Waals surface area contributed by atoms with E-state index in [9.17, 15) is 9.59 Å². The molecule has 1 unspecified atom stereocenters. The summed E-state index contributed by atoms with van der Waals surface area (Å²) >= 11 is 0. The normalized spacial score (nSPS) is 12.0. The Hall–Kier alpha value is -1.84. The topological polar surface area (TPSA) is 52.6 Å². The Kier molecular flexibility index (Phi) is 7.51. The van der Waals surface area contributed by atoms with Gasteiger partial charge in [-0.25, -0.2) is 0 Å². The smallest absolute Gasteiger partial charge is 0.313 e. The van der Waals surface area contributed by atoms with E-state index in [4.69, 9.17) is 9.47 Å². The molecule has 0 spiro atoms. The summed E-state index contributed by atoms with van der Waals surface area (Å²) in [5.74, 6) is -0.430. The Balaban J connectivity index is 2.54. The van der Waals surface area contributed by atoms with Gasteiger partial charge in [0.05, 0.1) is 6.42 Å². The first-order chi connectivity index (χ1) is 10.0. The Labute approximate surface area is 126 Å². The zero-order valence-electron chi connectivity index (χ0n) is 13.0. The molecule has 0 heterocycles. The lowest BCUT2D eigenvalue weighted by molar-refractivity contribution is -0.190. The van der Waals surface area contributed by atoms with Crippen molar-refractivity contribution in [1.29, 1.82) is 0 Å². The van der Waals surface area contributed by atoms with Gasteiger partial charge in [0.1, 0.15) is 0 Å². The average molecular weight is 292 g/mol. The molecule has 0 aliphatic heterocycles. The summed E-state index contributed by atoms with van der Waals surface area (Å²) < 4.78 is 10.5.